The van der Waals surface area contributed by atoms with Gasteiger partial charge in [-0.15, -0.1) is 10.2 Å². The van der Waals surface area contributed by atoms with Gasteiger partial charge in [0, 0.05) is 23.3 Å². The largest absolute Gasteiger partial charge is 0.465 e. The van der Waals surface area contributed by atoms with Crippen molar-refractivity contribution < 1.29 is 19.0 Å². The molecule has 33 heavy (non-hydrogen) atoms. The third-order valence-electron chi connectivity index (χ3n) is 4.54. The maximum Gasteiger partial charge on any atom is 0.345 e. The molecular weight excluding hydrogens is 473 g/mol. The number of aromatic nitrogens is 3. The number of esters is 1. The number of halogens is 2. The van der Waals surface area contributed by atoms with Crippen molar-refractivity contribution in [2.24, 2.45) is 0 Å². The molecule has 0 aliphatic carbocycles. The van der Waals surface area contributed by atoms with Crippen LogP contribution in [0.3, 0.4) is 0 Å². The summed E-state index contributed by atoms with van der Waals surface area (Å²) in [5, 5.41) is 26.4. The number of hydrogen-bond donors (Lipinski definition) is 1. The van der Waals surface area contributed by atoms with Crippen LogP contribution in [0.5, 0.6) is 0 Å². The van der Waals surface area contributed by atoms with Crippen LogP contribution in [0.1, 0.15) is 10.4 Å². The van der Waals surface area contributed by atoms with Gasteiger partial charge in [-0.25, -0.2) is 4.79 Å². The van der Waals surface area contributed by atoms with E-state index in [0.717, 1.165) is 0 Å². The third-order valence-corrected chi connectivity index (χ3v) is 5.17. The third kappa shape index (κ3) is 4.47. The number of hydrogen-bond acceptors (Lipinski definition) is 9. The topological polar surface area (TPSA) is 133 Å². The van der Waals surface area contributed by atoms with E-state index in [1.54, 1.807) is 42.5 Å². The van der Waals surface area contributed by atoms with Crippen LogP contribution >= 0.6 is 23.2 Å². The smallest absolute Gasteiger partial charge is 0.345 e. The second kappa shape index (κ2) is 9.23. The van der Waals surface area contributed by atoms with Crippen molar-refractivity contribution in [1.82, 2.24) is 15.4 Å². The van der Waals surface area contributed by atoms with Gasteiger partial charge in [0.25, 0.3) is 5.69 Å². The van der Waals surface area contributed by atoms with E-state index >= 15 is 0 Å². The van der Waals surface area contributed by atoms with E-state index in [-0.39, 0.29) is 38.7 Å². The van der Waals surface area contributed by atoms with Gasteiger partial charge < -0.3 is 14.6 Å². The van der Waals surface area contributed by atoms with Crippen molar-refractivity contribution in [2.75, 3.05) is 12.4 Å². The molecule has 10 nitrogen and oxygen atoms in total. The number of nitrogens with one attached hydrogen (secondary N) is 1. The lowest BCUT2D eigenvalue weighted by atomic mass is 10.1. The summed E-state index contributed by atoms with van der Waals surface area (Å²) < 4.78 is 10.2. The fourth-order valence-electron chi connectivity index (χ4n) is 3.01. The Morgan fingerprint density at radius 1 is 1.09 bits per heavy atom. The second-order valence-electron chi connectivity index (χ2n) is 6.56. The summed E-state index contributed by atoms with van der Waals surface area (Å²) in [7, 11) is 1.21. The fraction of sp³-hybridized carbons (Fsp3) is 0.0476. The number of nitrogens with zero attached hydrogens (tertiary/aromatic N) is 4. The molecule has 1 N–H and O–H groups in total. The zero-order valence-electron chi connectivity index (χ0n) is 16.8. The molecular formula is C21H13Cl2N5O5. The number of rotatable bonds is 6. The van der Waals surface area contributed by atoms with E-state index in [9.17, 15) is 14.9 Å². The van der Waals surface area contributed by atoms with Crippen molar-refractivity contribution in [3.05, 3.63) is 80.3 Å². The van der Waals surface area contributed by atoms with Gasteiger partial charge in [0.2, 0.25) is 5.88 Å². The van der Waals surface area contributed by atoms with Crippen LogP contribution in [0.2, 0.25) is 10.0 Å². The molecule has 0 atom stereocenters. The lowest BCUT2D eigenvalue weighted by Gasteiger charge is -2.07. The van der Waals surface area contributed by atoms with Crippen LogP contribution in [0.25, 0.3) is 22.5 Å². The predicted octanol–water partition coefficient (Wildman–Crippen LogP) is 5.54. The molecule has 0 saturated heterocycles. The molecule has 0 amide bonds. The van der Waals surface area contributed by atoms with Crippen molar-refractivity contribution in [3.63, 3.8) is 0 Å². The molecule has 12 heteroatoms. The van der Waals surface area contributed by atoms with E-state index in [1.165, 1.54) is 19.2 Å². The Labute approximate surface area is 196 Å². The average molecular weight is 486 g/mol. The molecule has 0 unspecified atom stereocenters. The zero-order chi connectivity index (χ0) is 23.5. The number of benzene rings is 2. The Kier molecular flexibility index (Phi) is 6.20. The maximum atomic E-state index is 12.5. The fourth-order valence-corrected chi connectivity index (χ4v) is 3.59. The first-order chi connectivity index (χ1) is 15.9. The van der Waals surface area contributed by atoms with Crippen LogP contribution in [-0.4, -0.2) is 33.4 Å². The zero-order valence-corrected chi connectivity index (χ0v) is 18.3. The number of ether oxygens (including phenoxy) is 1. The summed E-state index contributed by atoms with van der Waals surface area (Å²) in [4.78, 5) is 23.0. The van der Waals surface area contributed by atoms with E-state index in [2.05, 4.69) is 20.7 Å². The molecule has 0 aliphatic heterocycles. The molecule has 2 heterocycles. The van der Waals surface area contributed by atoms with Crippen molar-refractivity contribution in [2.45, 2.75) is 0 Å². The first-order valence-electron chi connectivity index (χ1n) is 9.27. The molecule has 4 aromatic rings. The van der Waals surface area contributed by atoms with Gasteiger partial charge in [-0.3, -0.25) is 10.1 Å². The summed E-state index contributed by atoms with van der Waals surface area (Å²) in [6.45, 7) is 0. The van der Waals surface area contributed by atoms with Crippen LogP contribution in [-0.2, 0) is 4.74 Å². The highest BCUT2D eigenvalue weighted by Crippen LogP contribution is 2.39. The van der Waals surface area contributed by atoms with Gasteiger partial charge in [-0.1, -0.05) is 46.6 Å². The van der Waals surface area contributed by atoms with E-state index in [1.807, 2.05) is 0 Å². The lowest BCUT2D eigenvalue weighted by molar-refractivity contribution is -0.384. The summed E-state index contributed by atoms with van der Waals surface area (Å²) in [5.74, 6) is -0.557. The number of anilines is 2. The second-order valence-corrected chi connectivity index (χ2v) is 7.37. The maximum absolute atomic E-state index is 12.5. The molecule has 2 aromatic heterocycles. The number of carbonyl (C=O) groups excluding carboxylic acids is 1. The lowest BCUT2D eigenvalue weighted by Crippen LogP contribution is -2.06. The summed E-state index contributed by atoms with van der Waals surface area (Å²) in [5.41, 5.74) is 1.25. The van der Waals surface area contributed by atoms with Crippen LogP contribution in [0, 0.1) is 10.1 Å². The molecule has 0 radical (unpaired) electrons. The quantitative estimate of drug-likeness (QED) is 0.212. The summed E-state index contributed by atoms with van der Waals surface area (Å²) in [6.07, 6.45) is 0. The highest BCUT2D eigenvalue weighted by Gasteiger charge is 2.28. The van der Waals surface area contributed by atoms with E-state index in [4.69, 9.17) is 32.5 Å². The number of nitro groups is 1. The minimum Gasteiger partial charge on any atom is -0.465 e. The Balaban J connectivity index is 1.67. The molecule has 0 aliphatic rings. The van der Waals surface area contributed by atoms with Crippen LogP contribution < -0.4 is 5.32 Å². The van der Waals surface area contributed by atoms with Crippen LogP contribution in [0.4, 0.5) is 17.4 Å². The number of nitro benzene ring substituents is 1. The Morgan fingerprint density at radius 3 is 2.45 bits per heavy atom. The minimum atomic E-state index is -0.731. The van der Waals surface area contributed by atoms with Gasteiger partial charge in [0.1, 0.15) is 5.69 Å². The number of methoxy groups -OCH3 is 1. The Hall–Kier alpha value is -4.02. The summed E-state index contributed by atoms with van der Waals surface area (Å²) in [6, 6.07) is 14.0. The van der Waals surface area contributed by atoms with E-state index < -0.39 is 10.9 Å². The van der Waals surface area contributed by atoms with Crippen molar-refractivity contribution in [1.29, 1.82) is 0 Å². The van der Waals surface area contributed by atoms with Crippen LogP contribution in [0.15, 0.2) is 59.1 Å². The number of carbonyl (C=O) groups is 1. The van der Waals surface area contributed by atoms with Crippen molar-refractivity contribution in [3.8, 4) is 22.5 Å². The first kappa shape index (κ1) is 22.2. The Morgan fingerprint density at radius 2 is 1.82 bits per heavy atom. The highest BCUT2D eigenvalue weighted by atomic mass is 35.5. The number of non-ortho nitro benzene ring substituents is 1. The summed E-state index contributed by atoms with van der Waals surface area (Å²) >= 11 is 12.5. The normalized spacial score (nSPS) is 10.6. The molecule has 2 aromatic carbocycles. The van der Waals surface area contributed by atoms with Gasteiger partial charge in [0.15, 0.2) is 11.4 Å². The molecule has 0 saturated carbocycles. The molecule has 0 bridgehead atoms. The van der Waals surface area contributed by atoms with Gasteiger partial charge in [-0.2, -0.15) is 0 Å². The van der Waals surface area contributed by atoms with Gasteiger partial charge in [-0.05, 0) is 24.3 Å². The van der Waals surface area contributed by atoms with Gasteiger partial charge >= 0.3 is 5.97 Å². The minimum absolute atomic E-state index is 0.0305. The molecule has 4 rings (SSSR count). The van der Waals surface area contributed by atoms with Crippen molar-refractivity contribution >= 4 is 46.6 Å². The standard InChI is InChI=1S/C21H13Cl2N5O5/c1-32-21(29)18-19(17-13(22)6-3-7-14(17)23)27-33-20(18)24-16-9-8-15(25-26-16)11-4-2-5-12(10-11)28(30)31/h2-10H,1H3,(H,24,26). The molecule has 0 fully saturated rings. The monoisotopic (exact) mass is 485 g/mol. The van der Waals surface area contributed by atoms with E-state index in [0.29, 0.717) is 16.8 Å². The average Bonchev–Trinajstić information content (AvgIpc) is 3.22. The highest BCUT2D eigenvalue weighted by molar-refractivity contribution is 6.39. The predicted molar refractivity (Wildman–Crippen MR) is 121 cm³/mol. The van der Waals surface area contributed by atoms with Gasteiger partial charge in [0.05, 0.1) is 27.8 Å². The molecule has 166 valence electrons. The first-order valence-corrected chi connectivity index (χ1v) is 10.0. The SMILES string of the molecule is COC(=O)c1c(-c2c(Cl)cccc2Cl)noc1Nc1ccc(-c2cccc([N+](=O)[O-])c2)nn1. The Bertz CT molecular complexity index is 1340. The molecule has 0 spiro atoms.